The van der Waals surface area contributed by atoms with Crippen LogP contribution in [-0.2, 0) is 4.74 Å². The minimum absolute atomic E-state index is 0.0910. The number of hydrogen-bond donors (Lipinski definition) is 0. The number of para-hydroxylation sites is 1. The van der Waals surface area contributed by atoms with Crippen molar-refractivity contribution >= 4 is 5.69 Å². The monoisotopic (exact) mass is 346 g/mol. The summed E-state index contributed by atoms with van der Waals surface area (Å²) in [5.74, 6) is -0.0910. The maximum Gasteiger partial charge on any atom is 0.146 e. The van der Waals surface area contributed by atoms with E-state index < -0.39 is 0 Å². The normalized spacial score (nSPS) is 31.8. The lowest BCUT2D eigenvalue weighted by Gasteiger charge is -2.48. The highest BCUT2D eigenvalue weighted by Gasteiger charge is 2.46. The van der Waals surface area contributed by atoms with Gasteiger partial charge < -0.3 is 9.64 Å². The van der Waals surface area contributed by atoms with E-state index in [-0.39, 0.29) is 5.82 Å². The van der Waals surface area contributed by atoms with Gasteiger partial charge in [-0.25, -0.2) is 4.39 Å². The van der Waals surface area contributed by atoms with E-state index in [1.54, 1.807) is 12.1 Å². The van der Waals surface area contributed by atoms with Crippen molar-refractivity contribution in [3.05, 3.63) is 30.1 Å². The Balaban J connectivity index is 1.38. The zero-order valence-corrected chi connectivity index (χ0v) is 15.4. The quantitative estimate of drug-likeness (QED) is 0.820. The van der Waals surface area contributed by atoms with Crippen LogP contribution in [0.15, 0.2) is 24.3 Å². The molecule has 2 heterocycles. The summed E-state index contributed by atoms with van der Waals surface area (Å²) in [6, 6.07) is 7.84. The molecule has 3 nitrogen and oxygen atoms in total. The Kier molecular flexibility index (Phi) is 5.01. The minimum Gasteiger partial charge on any atom is -0.381 e. The molecule has 1 aromatic carbocycles. The van der Waals surface area contributed by atoms with Crippen molar-refractivity contribution in [3.63, 3.8) is 0 Å². The van der Waals surface area contributed by atoms with E-state index in [0.29, 0.717) is 17.6 Å². The second kappa shape index (κ2) is 7.24. The van der Waals surface area contributed by atoms with Crippen LogP contribution in [0.5, 0.6) is 0 Å². The first kappa shape index (κ1) is 17.3. The first-order valence-corrected chi connectivity index (χ1v) is 9.98. The van der Waals surface area contributed by atoms with Crippen molar-refractivity contribution in [1.29, 1.82) is 0 Å². The third-order valence-electron chi connectivity index (χ3n) is 6.92. The molecule has 4 rings (SSSR count). The predicted octanol–water partition coefficient (Wildman–Crippen LogP) is 4.08. The van der Waals surface area contributed by atoms with Crippen LogP contribution in [0.4, 0.5) is 10.1 Å². The average Bonchev–Trinajstić information content (AvgIpc) is 3.04. The van der Waals surface area contributed by atoms with E-state index in [1.165, 1.54) is 45.2 Å². The van der Waals surface area contributed by atoms with E-state index in [4.69, 9.17) is 4.74 Å². The number of likely N-dealkylation sites (tertiary alicyclic amines) is 1. The van der Waals surface area contributed by atoms with E-state index in [0.717, 1.165) is 31.6 Å². The van der Waals surface area contributed by atoms with Gasteiger partial charge in [0.25, 0.3) is 0 Å². The molecular formula is C21H31FN2O. The van der Waals surface area contributed by atoms with Gasteiger partial charge in [-0.05, 0) is 57.2 Å². The zero-order valence-electron chi connectivity index (χ0n) is 15.4. The fourth-order valence-corrected chi connectivity index (χ4v) is 5.63. The summed E-state index contributed by atoms with van der Waals surface area (Å²) in [5, 5.41) is 0. The number of methoxy groups -OCH3 is 1. The largest absolute Gasteiger partial charge is 0.381 e. The summed E-state index contributed by atoms with van der Waals surface area (Å²) in [6.45, 7) is 4.35. The molecule has 1 spiro atoms. The Morgan fingerprint density at radius 3 is 2.56 bits per heavy atom. The summed E-state index contributed by atoms with van der Waals surface area (Å²) in [4.78, 5) is 4.96. The highest BCUT2D eigenvalue weighted by atomic mass is 19.1. The molecule has 2 aliphatic heterocycles. The molecule has 0 bridgehead atoms. The van der Waals surface area contributed by atoms with Crippen LogP contribution in [0, 0.1) is 11.2 Å². The van der Waals surface area contributed by atoms with Gasteiger partial charge in [-0.1, -0.05) is 18.6 Å². The maximum atomic E-state index is 14.0. The summed E-state index contributed by atoms with van der Waals surface area (Å²) >= 11 is 0. The smallest absolute Gasteiger partial charge is 0.146 e. The molecule has 0 aromatic heterocycles. The molecule has 2 saturated heterocycles. The van der Waals surface area contributed by atoms with Gasteiger partial charge in [0.2, 0.25) is 0 Å². The highest BCUT2D eigenvalue weighted by Crippen LogP contribution is 2.47. The first-order valence-electron chi connectivity index (χ1n) is 9.98. The van der Waals surface area contributed by atoms with Gasteiger partial charge >= 0.3 is 0 Å². The Morgan fingerprint density at radius 1 is 1.04 bits per heavy atom. The second-order valence-electron chi connectivity index (χ2n) is 8.22. The number of ether oxygens (including phenoxy) is 1. The number of anilines is 1. The average molecular weight is 346 g/mol. The van der Waals surface area contributed by atoms with Crippen molar-refractivity contribution in [2.75, 3.05) is 38.2 Å². The predicted molar refractivity (Wildman–Crippen MR) is 99.5 cm³/mol. The summed E-state index contributed by atoms with van der Waals surface area (Å²) in [7, 11) is 1.89. The number of nitrogens with zero attached hydrogens (tertiary/aromatic N) is 2. The van der Waals surface area contributed by atoms with Gasteiger partial charge in [0.1, 0.15) is 5.82 Å². The lowest BCUT2D eigenvalue weighted by molar-refractivity contribution is -0.0469. The van der Waals surface area contributed by atoms with Crippen LogP contribution in [0.2, 0.25) is 0 Å². The molecule has 1 aliphatic carbocycles. The first-order chi connectivity index (χ1) is 12.2. The van der Waals surface area contributed by atoms with Gasteiger partial charge in [-0.2, -0.15) is 0 Å². The summed E-state index contributed by atoms with van der Waals surface area (Å²) in [5.41, 5.74) is 1.17. The van der Waals surface area contributed by atoms with E-state index in [1.807, 2.05) is 19.2 Å². The third-order valence-corrected chi connectivity index (χ3v) is 6.92. The molecule has 2 atom stereocenters. The summed E-state index contributed by atoms with van der Waals surface area (Å²) < 4.78 is 19.9. The van der Waals surface area contributed by atoms with Gasteiger partial charge in [0.15, 0.2) is 0 Å². The van der Waals surface area contributed by atoms with Gasteiger partial charge in [-0.15, -0.1) is 0 Å². The number of benzene rings is 1. The van der Waals surface area contributed by atoms with E-state index in [9.17, 15) is 4.39 Å². The lowest BCUT2D eigenvalue weighted by Crippen LogP contribution is -2.53. The highest BCUT2D eigenvalue weighted by molar-refractivity contribution is 5.47. The number of piperidine rings is 2. The third kappa shape index (κ3) is 3.31. The number of rotatable bonds is 3. The van der Waals surface area contributed by atoms with Crippen LogP contribution in [0.1, 0.15) is 44.9 Å². The fourth-order valence-electron chi connectivity index (χ4n) is 5.63. The summed E-state index contributed by atoms with van der Waals surface area (Å²) in [6.07, 6.45) is 9.24. The molecule has 1 aromatic rings. The number of hydrogen-bond acceptors (Lipinski definition) is 3. The van der Waals surface area contributed by atoms with Gasteiger partial charge in [0.05, 0.1) is 11.8 Å². The van der Waals surface area contributed by atoms with E-state index in [2.05, 4.69) is 9.80 Å². The van der Waals surface area contributed by atoms with Crippen LogP contribution in [0.3, 0.4) is 0 Å². The van der Waals surface area contributed by atoms with Crippen molar-refractivity contribution < 1.29 is 9.13 Å². The van der Waals surface area contributed by atoms with Crippen molar-refractivity contribution in [3.8, 4) is 0 Å². The van der Waals surface area contributed by atoms with Crippen LogP contribution in [0.25, 0.3) is 0 Å². The molecular weight excluding hydrogens is 315 g/mol. The second-order valence-corrected chi connectivity index (χ2v) is 8.22. The van der Waals surface area contributed by atoms with E-state index >= 15 is 0 Å². The Morgan fingerprint density at radius 2 is 1.80 bits per heavy atom. The lowest BCUT2D eigenvalue weighted by atomic mass is 9.76. The van der Waals surface area contributed by atoms with Gasteiger partial charge in [-0.3, -0.25) is 4.90 Å². The molecule has 4 heteroatoms. The fraction of sp³-hybridized carbons (Fsp3) is 0.714. The molecule has 3 aliphatic rings. The molecule has 0 radical (unpaired) electrons. The number of halogens is 1. The maximum absolute atomic E-state index is 14.0. The Labute approximate surface area is 151 Å². The van der Waals surface area contributed by atoms with Crippen LogP contribution < -0.4 is 4.90 Å². The molecule has 1 saturated carbocycles. The molecule has 138 valence electrons. The zero-order chi connectivity index (χ0) is 17.3. The van der Waals surface area contributed by atoms with Crippen molar-refractivity contribution in [1.82, 2.24) is 4.90 Å². The molecule has 0 N–H and O–H groups in total. The van der Waals surface area contributed by atoms with Gasteiger partial charge in [0, 0.05) is 38.2 Å². The van der Waals surface area contributed by atoms with Crippen LogP contribution in [-0.4, -0.2) is 50.3 Å². The van der Waals surface area contributed by atoms with Crippen LogP contribution >= 0.6 is 0 Å². The standard InChI is InChI=1S/C21H31FN2O/c1-25-20-8-4-11-21(20)12-5-13-24(16-21)17-9-14-23(15-10-17)19-7-3-2-6-18(19)22/h2-3,6-7,17,20H,4-5,8-16H2,1H3/t20-,21-/m1/s1. The van der Waals surface area contributed by atoms with Crippen molar-refractivity contribution in [2.45, 2.75) is 57.1 Å². The van der Waals surface area contributed by atoms with Crippen molar-refractivity contribution in [2.24, 2.45) is 5.41 Å². The SMILES string of the molecule is CO[C@@H]1CCC[C@]12CCCN(C1CCN(c3ccccc3F)CC1)C2. The molecule has 0 unspecified atom stereocenters. The molecule has 25 heavy (non-hydrogen) atoms. The Hall–Kier alpha value is -1.13. The topological polar surface area (TPSA) is 15.7 Å². The minimum atomic E-state index is -0.0910. The molecule has 0 amide bonds. The Bertz CT molecular complexity index is 587. The molecule has 3 fully saturated rings.